The van der Waals surface area contributed by atoms with Crippen molar-refractivity contribution in [3.8, 4) is 22.6 Å². The van der Waals surface area contributed by atoms with Crippen LogP contribution in [0.15, 0.2) is 35.2 Å². The maximum Gasteiger partial charge on any atom is 0.586 e. The van der Waals surface area contributed by atoms with Gasteiger partial charge in [-0.05, 0) is 42.3 Å². The van der Waals surface area contributed by atoms with E-state index >= 15 is 0 Å². The van der Waals surface area contributed by atoms with Crippen LogP contribution in [-0.2, 0) is 10.8 Å². The lowest BCUT2D eigenvalue weighted by molar-refractivity contribution is -0.286. The van der Waals surface area contributed by atoms with Gasteiger partial charge in [0.1, 0.15) is 11.6 Å². The summed E-state index contributed by atoms with van der Waals surface area (Å²) in [6.07, 6.45) is -8.51. The zero-order valence-electron chi connectivity index (χ0n) is 13.0. The van der Waals surface area contributed by atoms with Crippen LogP contribution in [0.1, 0.15) is 5.56 Å². The number of rotatable bonds is 3. The molecule has 0 saturated carbocycles. The molecule has 0 aliphatic carbocycles. The highest BCUT2D eigenvalue weighted by atomic mass is 32.2. The third-order valence-electron chi connectivity index (χ3n) is 3.52. The molecule has 10 heteroatoms. The normalized spacial score (nSPS) is 16.6. The largest absolute Gasteiger partial charge is 0.586 e. The molecule has 0 aromatic heterocycles. The highest BCUT2D eigenvalue weighted by Gasteiger charge is 2.43. The van der Waals surface area contributed by atoms with Crippen molar-refractivity contribution in [3.05, 3.63) is 41.7 Å². The van der Waals surface area contributed by atoms with E-state index < -0.39 is 34.8 Å². The summed E-state index contributed by atoms with van der Waals surface area (Å²) in [5, 5.41) is 0. The highest BCUT2D eigenvalue weighted by molar-refractivity contribution is 7.85. The van der Waals surface area contributed by atoms with Crippen LogP contribution in [0.4, 0.5) is 26.3 Å². The highest BCUT2D eigenvalue weighted by Crippen LogP contribution is 2.43. The zero-order valence-corrected chi connectivity index (χ0v) is 13.8. The Kier molecular flexibility index (Phi) is 4.41. The standard InChI is InChI=1S/C16H10F6O3S/c1-8-4-11(17)10(6-14(8)26(23)7-15(18,19)20)9-2-3-12-13(5-9)25-16(21,22)24-12/h2-6H,7H2,1H3. The monoisotopic (exact) mass is 396 g/mol. The predicted molar refractivity (Wildman–Crippen MR) is 80.1 cm³/mol. The van der Waals surface area contributed by atoms with Gasteiger partial charge in [0.05, 0.1) is 10.8 Å². The summed E-state index contributed by atoms with van der Waals surface area (Å²) in [6.45, 7) is 1.33. The van der Waals surface area contributed by atoms with Crippen LogP contribution < -0.4 is 9.47 Å². The van der Waals surface area contributed by atoms with E-state index in [0.717, 1.165) is 24.3 Å². The number of halogens is 6. The van der Waals surface area contributed by atoms with Gasteiger partial charge in [-0.25, -0.2) is 4.39 Å². The van der Waals surface area contributed by atoms with E-state index in [0.29, 0.717) is 0 Å². The van der Waals surface area contributed by atoms with Crippen LogP contribution in [0.5, 0.6) is 11.5 Å². The Bertz CT molecular complexity index is 894. The van der Waals surface area contributed by atoms with Crippen LogP contribution in [0.2, 0.25) is 0 Å². The molecule has 0 N–H and O–H groups in total. The summed E-state index contributed by atoms with van der Waals surface area (Å²) in [4.78, 5) is -0.193. The van der Waals surface area contributed by atoms with Crippen molar-refractivity contribution >= 4 is 10.8 Å². The fourth-order valence-corrected chi connectivity index (χ4v) is 3.58. The van der Waals surface area contributed by atoms with Crippen LogP contribution >= 0.6 is 0 Å². The first kappa shape index (κ1) is 18.6. The smallest absolute Gasteiger partial charge is 0.395 e. The van der Waals surface area contributed by atoms with E-state index in [4.69, 9.17) is 0 Å². The van der Waals surface area contributed by atoms with Crippen molar-refractivity contribution in [1.82, 2.24) is 0 Å². The molecule has 140 valence electrons. The minimum atomic E-state index is -4.66. The van der Waals surface area contributed by atoms with Crippen molar-refractivity contribution in [2.75, 3.05) is 5.75 Å². The fraction of sp³-hybridized carbons (Fsp3) is 0.250. The van der Waals surface area contributed by atoms with Gasteiger partial charge in [-0.2, -0.15) is 13.2 Å². The van der Waals surface area contributed by atoms with Gasteiger partial charge in [-0.3, -0.25) is 4.21 Å². The Morgan fingerprint density at radius 3 is 2.38 bits per heavy atom. The van der Waals surface area contributed by atoms with Crippen LogP contribution in [0, 0.1) is 12.7 Å². The minimum absolute atomic E-state index is 0.0628. The third kappa shape index (κ3) is 3.79. The average molecular weight is 396 g/mol. The zero-order chi connectivity index (χ0) is 19.3. The van der Waals surface area contributed by atoms with Crippen LogP contribution in [0.3, 0.4) is 0 Å². The van der Waals surface area contributed by atoms with Gasteiger partial charge >= 0.3 is 12.5 Å². The first-order valence-electron chi connectivity index (χ1n) is 7.11. The number of aryl methyl sites for hydroxylation is 1. The lowest BCUT2D eigenvalue weighted by Gasteiger charge is -2.12. The Hall–Kier alpha value is -2.23. The quantitative estimate of drug-likeness (QED) is 0.700. The topological polar surface area (TPSA) is 35.5 Å². The van der Waals surface area contributed by atoms with E-state index in [1.165, 1.54) is 13.0 Å². The molecular formula is C16H10F6O3S. The third-order valence-corrected chi connectivity index (χ3v) is 5.04. The van der Waals surface area contributed by atoms with Gasteiger partial charge in [-0.1, -0.05) is 6.07 Å². The summed E-state index contributed by atoms with van der Waals surface area (Å²) in [6, 6.07) is 5.39. The number of ether oxygens (including phenoxy) is 2. The molecule has 0 radical (unpaired) electrons. The molecule has 1 heterocycles. The number of fused-ring (bicyclic) bond motifs is 1. The van der Waals surface area contributed by atoms with E-state index in [-0.39, 0.29) is 33.1 Å². The Morgan fingerprint density at radius 1 is 1.08 bits per heavy atom. The Balaban J connectivity index is 2.02. The van der Waals surface area contributed by atoms with Gasteiger partial charge in [0.2, 0.25) is 0 Å². The minimum Gasteiger partial charge on any atom is -0.395 e. The Labute approximate surface area is 146 Å². The molecule has 2 aromatic rings. The van der Waals surface area contributed by atoms with Crippen molar-refractivity contribution < 1.29 is 40.0 Å². The molecule has 1 atom stereocenters. The van der Waals surface area contributed by atoms with E-state index in [9.17, 15) is 30.6 Å². The number of hydrogen-bond donors (Lipinski definition) is 0. The van der Waals surface area contributed by atoms with Crippen molar-refractivity contribution in [2.45, 2.75) is 24.3 Å². The molecule has 1 aliphatic rings. The number of benzene rings is 2. The van der Waals surface area contributed by atoms with Gasteiger partial charge in [0.25, 0.3) is 0 Å². The molecule has 0 saturated heterocycles. The van der Waals surface area contributed by atoms with Gasteiger partial charge < -0.3 is 9.47 Å². The second-order valence-electron chi connectivity index (χ2n) is 5.53. The molecule has 3 rings (SSSR count). The summed E-state index contributed by atoms with van der Waals surface area (Å²) in [5.41, 5.74) is -0.0448. The molecule has 0 bridgehead atoms. The van der Waals surface area contributed by atoms with E-state index in [1.807, 2.05) is 0 Å². The van der Waals surface area contributed by atoms with Crippen molar-refractivity contribution in [1.29, 1.82) is 0 Å². The van der Waals surface area contributed by atoms with Gasteiger partial charge in [0, 0.05) is 10.5 Å². The predicted octanol–water partition coefficient (Wildman–Crippen LogP) is 4.79. The summed E-state index contributed by atoms with van der Waals surface area (Å²) < 4.78 is 98.3. The summed E-state index contributed by atoms with van der Waals surface area (Å²) in [7, 11) is -2.44. The van der Waals surface area contributed by atoms with Gasteiger partial charge in [-0.15, -0.1) is 8.78 Å². The number of alkyl halides is 5. The Morgan fingerprint density at radius 2 is 1.73 bits per heavy atom. The average Bonchev–Trinajstić information content (AvgIpc) is 2.78. The maximum atomic E-state index is 14.3. The fourth-order valence-electron chi connectivity index (χ4n) is 2.46. The molecule has 26 heavy (non-hydrogen) atoms. The summed E-state index contributed by atoms with van der Waals surface area (Å²) >= 11 is 0. The summed E-state index contributed by atoms with van der Waals surface area (Å²) in [5.74, 6) is -2.98. The molecular weight excluding hydrogens is 386 g/mol. The van der Waals surface area contributed by atoms with E-state index in [1.54, 1.807) is 0 Å². The van der Waals surface area contributed by atoms with Crippen LogP contribution in [-0.4, -0.2) is 22.4 Å². The van der Waals surface area contributed by atoms with E-state index in [2.05, 4.69) is 9.47 Å². The first-order valence-corrected chi connectivity index (χ1v) is 8.43. The van der Waals surface area contributed by atoms with Crippen molar-refractivity contribution in [3.63, 3.8) is 0 Å². The lowest BCUT2D eigenvalue weighted by Crippen LogP contribution is -2.25. The molecule has 0 amide bonds. The molecule has 0 spiro atoms. The second kappa shape index (κ2) is 6.19. The molecule has 1 unspecified atom stereocenters. The molecule has 3 nitrogen and oxygen atoms in total. The lowest BCUT2D eigenvalue weighted by atomic mass is 10.0. The number of hydrogen-bond acceptors (Lipinski definition) is 3. The van der Waals surface area contributed by atoms with Crippen LogP contribution in [0.25, 0.3) is 11.1 Å². The maximum absolute atomic E-state index is 14.3. The molecule has 0 fully saturated rings. The van der Waals surface area contributed by atoms with Gasteiger partial charge in [0.15, 0.2) is 11.5 Å². The SMILES string of the molecule is Cc1cc(F)c(-c2ccc3c(c2)OC(F)(F)O3)cc1S(=O)CC(F)(F)F. The molecule has 1 aliphatic heterocycles. The molecule has 2 aromatic carbocycles. The first-order chi connectivity index (χ1) is 12.0. The van der Waals surface area contributed by atoms with Crippen molar-refractivity contribution in [2.24, 2.45) is 0 Å². The second-order valence-corrected chi connectivity index (χ2v) is 6.95.